The largest absolute Gasteiger partial charge is 0.370 e. The van der Waals surface area contributed by atoms with E-state index < -0.39 is 0 Å². The van der Waals surface area contributed by atoms with Crippen LogP contribution in [0.3, 0.4) is 0 Å². The molecule has 0 saturated heterocycles. The molecular formula is C11H22N2O. The van der Waals surface area contributed by atoms with Gasteiger partial charge in [-0.05, 0) is 43.1 Å². The van der Waals surface area contributed by atoms with Gasteiger partial charge < -0.3 is 11.5 Å². The van der Waals surface area contributed by atoms with Gasteiger partial charge in [-0.25, -0.2) is 0 Å². The van der Waals surface area contributed by atoms with Crippen LogP contribution in [0.1, 0.15) is 46.0 Å². The molecule has 1 rings (SSSR count). The highest BCUT2D eigenvalue weighted by molar-refractivity contribution is 5.74. The molecule has 0 aromatic heterocycles. The zero-order valence-electron chi connectivity index (χ0n) is 9.31. The fourth-order valence-electron chi connectivity index (χ4n) is 2.28. The number of carbonyl (C=O) groups excluding carboxylic acids is 1. The van der Waals surface area contributed by atoms with Crippen molar-refractivity contribution in [2.24, 2.45) is 22.3 Å². The molecule has 0 spiro atoms. The summed E-state index contributed by atoms with van der Waals surface area (Å²) in [4.78, 5) is 11.0. The summed E-state index contributed by atoms with van der Waals surface area (Å²) in [5.41, 5.74) is 11.4. The van der Waals surface area contributed by atoms with Crippen LogP contribution in [0.15, 0.2) is 0 Å². The molecule has 3 nitrogen and oxygen atoms in total. The summed E-state index contributed by atoms with van der Waals surface area (Å²) in [5.74, 6) is -0.213. The SMILES string of the molecule is CC1(C)CCC(CN)(CC(N)=O)CC1. The summed E-state index contributed by atoms with van der Waals surface area (Å²) in [7, 11) is 0. The highest BCUT2D eigenvalue weighted by Gasteiger charge is 2.38. The first-order valence-corrected chi connectivity index (χ1v) is 5.38. The Morgan fingerprint density at radius 3 is 2.07 bits per heavy atom. The number of rotatable bonds is 3. The molecule has 0 bridgehead atoms. The molecule has 1 saturated carbocycles. The highest BCUT2D eigenvalue weighted by atomic mass is 16.1. The van der Waals surface area contributed by atoms with Gasteiger partial charge >= 0.3 is 0 Å². The van der Waals surface area contributed by atoms with Gasteiger partial charge in [-0.2, -0.15) is 0 Å². The minimum atomic E-state index is -0.213. The molecule has 0 radical (unpaired) electrons. The second-order valence-corrected chi connectivity index (χ2v) is 5.51. The van der Waals surface area contributed by atoms with Crippen LogP contribution >= 0.6 is 0 Å². The molecule has 1 fully saturated rings. The molecule has 0 heterocycles. The van der Waals surface area contributed by atoms with Crippen molar-refractivity contribution in [2.45, 2.75) is 46.0 Å². The second-order valence-electron chi connectivity index (χ2n) is 5.51. The van der Waals surface area contributed by atoms with E-state index >= 15 is 0 Å². The van der Waals surface area contributed by atoms with Crippen molar-refractivity contribution in [3.05, 3.63) is 0 Å². The summed E-state index contributed by atoms with van der Waals surface area (Å²) >= 11 is 0. The van der Waals surface area contributed by atoms with Crippen LogP contribution in [0.25, 0.3) is 0 Å². The molecule has 3 heteroatoms. The van der Waals surface area contributed by atoms with E-state index in [0.717, 1.165) is 25.7 Å². The van der Waals surface area contributed by atoms with Crippen molar-refractivity contribution in [2.75, 3.05) is 6.54 Å². The quantitative estimate of drug-likeness (QED) is 0.719. The third-order valence-corrected chi connectivity index (χ3v) is 3.65. The molecule has 0 aromatic rings. The number of primary amides is 1. The van der Waals surface area contributed by atoms with E-state index in [4.69, 9.17) is 11.5 Å². The molecule has 0 aliphatic heterocycles. The Labute approximate surface area is 86.2 Å². The Kier molecular flexibility index (Phi) is 3.20. The van der Waals surface area contributed by atoms with Crippen LogP contribution in [-0.2, 0) is 4.79 Å². The van der Waals surface area contributed by atoms with Crippen LogP contribution < -0.4 is 11.5 Å². The molecule has 0 aromatic carbocycles. The molecule has 4 N–H and O–H groups in total. The number of hydrogen-bond donors (Lipinski definition) is 2. The van der Waals surface area contributed by atoms with Crippen molar-refractivity contribution in [3.63, 3.8) is 0 Å². The van der Waals surface area contributed by atoms with Gasteiger partial charge in [0.2, 0.25) is 5.91 Å². The molecule has 82 valence electrons. The van der Waals surface area contributed by atoms with E-state index in [9.17, 15) is 4.79 Å². The van der Waals surface area contributed by atoms with Gasteiger partial charge in [0.1, 0.15) is 0 Å². The van der Waals surface area contributed by atoms with Crippen molar-refractivity contribution < 1.29 is 4.79 Å². The first-order valence-electron chi connectivity index (χ1n) is 5.38. The van der Waals surface area contributed by atoms with Gasteiger partial charge in [0, 0.05) is 6.42 Å². The maximum Gasteiger partial charge on any atom is 0.218 e. The summed E-state index contributed by atoms with van der Waals surface area (Å²) in [5, 5.41) is 0. The maximum atomic E-state index is 11.0. The monoisotopic (exact) mass is 198 g/mol. The molecule has 1 aliphatic rings. The summed E-state index contributed by atoms with van der Waals surface area (Å²) in [6, 6.07) is 0. The maximum absolute atomic E-state index is 11.0. The average molecular weight is 198 g/mol. The summed E-state index contributed by atoms with van der Waals surface area (Å²) < 4.78 is 0. The predicted octanol–water partition coefficient (Wildman–Crippen LogP) is 1.41. The lowest BCUT2D eigenvalue weighted by Crippen LogP contribution is -2.40. The average Bonchev–Trinajstić information content (AvgIpc) is 2.09. The van der Waals surface area contributed by atoms with Gasteiger partial charge in [0.25, 0.3) is 0 Å². The minimum absolute atomic E-state index is 0.00134. The molecule has 14 heavy (non-hydrogen) atoms. The van der Waals surface area contributed by atoms with Crippen LogP contribution in [0.4, 0.5) is 0 Å². The first-order chi connectivity index (χ1) is 6.39. The third kappa shape index (κ3) is 2.71. The smallest absolute Gasteiger partial charge is 0.218 e. The topological polar surface area (TPSA) is 69.1 Å². The lowest BCUT2D eigenvalue weighted by Gasteiger charge is -2.42. The van der Waals surface area contributed by atoms with Gasteiger partial charge in [0.05, 0.1) is 0 Å². The minimum Gasteiger partial charge on any atom is -0.370 e. The molecule has 0 atom stereocenters. The highest BCUT2D eigenvalue weighted by Crippen LogP contribution is 2.46. The fraction of sp³-hybridized carbons (Fsp3) is 0.909. The summed E-state index contributed by atoms with van der Waals surface area (Å²) in [6.07, 6.45) is 4.84. The Morgan fingerprint density at radius 2 is 1.71 bits per heavy atom. The predicted molar refractivity (Wildman–Crippen MR) is 57.5 cm³/mol. The van der Waals surface area contributed by atoms with Gasteiger partial charge in [-0.1, -0.05) is 13.8 Å². The van der Waals surface area contributed by atoms with Crippen molar-refractivity contribution in [1.82, 2.24) is 0 Å². The van der Waals surface area contributed by atoms with E-state index in [1.165, 1.54) is 0 Å². The van der Waals surface area contributed by atoms with Crippen molar-refractivity contribution in [1.29, 1.82) is 0 Å². The van der Waals surface area contributed by atoms with Gasteiger partial charge in [-0.3, -0.25) is 4.79 Å². The lowest BCUT2D eigenvalue weighted by molar-refractivity contribution is -0.121. The Balaban J connectivity index is 2.61. The van der Waals surface area contributed by atoms with E-state index in [1.807, 2.05) is 0 Å². The van der Waals surface area contributed by atoms with Gasteiger partial charge in [0.15, 0.2) is 0 Å². The second kappa shape index (κ2) is 3.89. The van der Waals surface area contributed by atoms with E-state index in [0.29, 0.717) is 18.4 Å². The Bertz CT molecular complexity index is 213. The fourth-order valence-corrected chi connectivity index (χ4v) is 2.28. The first kappa shape index (κ1) is 11.5. The third-order valence-electron chi connectivity index (χ3n) is 3.65. The van der Waals surface area contributed by atoms with Crippen molar-refractivity contribution in [3.8, 4) is 0 Å². The van der Waals surface area contributed by atoms with Crippen LogP contribution in [0.5, 0.6) is 0 Å². The number of carbonyl (C=O) groups is 1. The number of amides is 1. The summed E-state index contributed by atoms with van der Waals surface area (Å²) in [6.45, 7) is 5.14. The van der Waals surface area contributed by atoms with E-state index in [-0.39, 0.29) is 11.3 Å². The lowest BCUT2D eigenvalue weighted by atomic mass is 9.64. The Hall–Kier alpha value is -0.570. The van der Waals surface area contributed by atoms with E-state index in [1.54, 1.807) is 0 Å². The molecule has 1 aliphatic carbocycles. The van der Waals surface area contributed by atoms with Crippen LogP contribution in [0, 0.1) is 10.8 Å². The molecule has 0 unspecified atom stereocenters. The molecular weight excluding hydrogens is 176 g/mol. The van der Waals surface area contributed by atoms with Crippen molar-refractivity contribution >= 4 is 5.91 Å². The zero-order valence-corrected chi connectivity index (χ0v) is 9.31. The van der Waals surface area contributed by atoms with Crippen LogP contribution in [0.2, 0.25) is 0 Å². The normalized spacial score (nSPS) is 24.5. The number of hydrogen-bond acceptors (Lipinski definition) is 2. The standard InChI is InChI=1S/C11H22N2O/c1-10(2)3-5-11(8-12,6-4-10)7-9(13)14/h3-8,12H2,1-2H3,(H2,13,14). The number of nitrogens with two attached hydrogens (primary N) is 2. The zero-order chi connectivity index (χ0) is 10.8. The van der Waals surface area contributed by atoms with Crippen LogP contribution in [-0.4, -0.2) is 12.5 Å². The molecule has 1 amide bonds. The van der Waals surface area contributed by atoms with E-state index in [2.05, 4.69) is 13.8 Å². The van der Waals surface area contributed by atoms with Gasteiger partial charge in [-0.15, -0.1) is 0 Å². The Morgan fingerprint density at radius 1 is 1.21 bits per heavy atom.